The van der Waals surface area contributed by atoms with Gasteiger partial charge in [0.25, 0.3) is 0 Å². The number of rotatable bonds is 12. The topological polar surface area (TPSA) is 45.8 Å². The number of hydrogen-bond donors (Lipinski definition) is 3. The second-order valence-corrected chi connectivity index (χ2v) is 21.1. The van der Waals surface area contributed by atoms with Gasteiger partial charge in [-0.2, -0.15) is 0 Å². The van der Waals surface area contributed by atoms with Crippen molar-refractivity contribution in [3.8, 4) is 0 Å². The Hall–Kier alpha value is -1.34. The highest BCUT2D eigenvalue weighted by Crippen LogP contribution is 2.45. The largest absolute Gasteiger partial charge is 0.371 e. The molecule has 0 aromatic heterocycles. The molecule has 50 heavy (non-hydrogen) atoms. The van der Waals surface area contributed by atoms with E-state index in [2.05, 4.69) is 167 Å². The van der Waals surface area contributed by atoms with Crippen LogP contribution in [0.15, 0.2) is 18.2 Å². The zero-order valence-corrected chi connectivity index (χ0v) is 36.1. The minimum Gasteiger partial charge on any atom is -0.371 e. The van der Waals surface area contributed by atoms with Crippen LogP contribution in [-0.4, -0.2) is 76.9 Å². The summed E-state index contributed by atoms with van der Waals surface area (Å²) < 4.78 is 0. The van der Waals surface area contributed by atoms with Gasteiger partial charge in [-0.3, -0.25) is 4.90 Å². The predicted octanol–water partition coefficient (Wildman–Crippen LogP) is 9.60. The van der Waals surface area contributed by atoms with Crippen molar-refractivity contribution in [1.82, 2.24) is 20.9 Å². The van der Waals surface area contributed by atoms with Gasteiger partial charge in [0.15, 0.2) is 0 Å². The Balaban J connectivity index is 1.91. The summed E-state index contributed by atoms with van der Waals surface area (Å²) in [6.45, 7) is 37.1. The highest BCUT2D eigenvalue weighted by atomic mass is 15.2. The van der Waals surface area contributed by atoms with Crippen LogP contribution >= 0.6 is 0 Å². The van der Waals surface area contributed by atoms with Crippen LogP contribution in [0, 0.1) is 0 Å². The summed E-state index contributed by atoms with van der Waals surface area (Å²) in [5.41, 5.74) is 4.80. The molecule has 3 aliphatic rings. The maximum Gasteiger partial charge on any atom is 0.0456 e. The number of unbranched alkanes of at least 4 members (excludes halogenated alkanes) is 1. The molecule has 6 nitrogen and oxygen atoms in total. The summed E-state index contributed by atoms with van der Waals surface area (Å²) in [4.78, 5) is 8.33. The van der Waals surface area contributed by atoms with Crippen LogP contribution in [0.2, 0.25) is 0 Å². The number of anilines is 2. The fraction of sp³-hybridized carbons (Fsp3) is 0.864. The van der Waals surface area contributed by atoms with E-state index in [1.54, 1.807) is 0 Å². The van der Waals surface area contributed by atoms with Gasteiger partial charge >= 0.3 is 0 Å². The van der Waals surface area contributed by atoms with E-state index in [1.807, 2.05) is 0 Å². The van der Waals surface area contributed by atoms with Crippen LogP contribution in [0.1, 0.15) is 174 Å². The van der Waals surface area contributed by atoms with Gasteiger partial charge in [-0.1, -0.05) is 27.2 Å². The van der Waals surface area contributed by atoms with Crippen molar-refractivity contribution in [3.63, 3.8) is 0 Å². The standard InChI is InChI=1S/C44H82N6/c1-18-21-22-50(37-30-42(12,13)47-43(14,15)31-37)34-24-32(23-33(25-34)48(16)35-26-38(4,5)45-39(6,7)27-35)44(19-2,20-3)49(17)36-28-40(8,9)46-41(10,11)29-36/h23-25,35-37,45-47H,18-22,26-31H2,1-17H3. The van der Waals surface area contributed by atoms with Gasteiger partial charge < -0.3 is 25.8 Å². The number of piperidine rings is 3. The molecule has 288 valence electrons. The average molecular weight is 695 g/mol. The van der Waals surface area contributed by atoms with E-state index in [-0.39, 0.29) is 38.8 Å². The lowest BCUT2D eigenvalue weighted by atomic mass is 9.75. The fourth-order valence-corrected chi connectivity index (χ4v) is 11.6. The van der Waals surface area contributed by atoms with Gasteiger partial charge in [-0.05, 0) is 172 Å². The molecule has 1 aromatic carbocycles. The fourth-order valence-electron chi connectivity index (χ4n) is 11.6. The lowest BCUT2D eigenvalue weighted by Crippen LogP contribution is -2.64. The van der Waals surface area contributed by atoms with Gasteiger partial charge in [0, 0.05) is 81.9 Å². The number of benzene rings is 1. The average Bonchev–Trinajstić information content (AvgIpc) is 2.93. The van der Waals surface area contributed by atoms with Gasteiger partial charge in [0.2, 0.25) is 0 Å². The van der Waals surface area contributed by atoms with Gasteiger partial charge in [-0.25, -0.2) is 0 Å². The molecule has 3 saturated heterocycles. The number of nitrogens with one attached hydrogen (secondary N) is 3. The molecule has 0 atom stereocenters. The summed E-state index contributed by atoms with van der Waals surface area (Å²) in [6, 6.07) is 9.29. The van der Waals surface area contributed by atoms with Crippen LogP contribution in [0.4, 0.5) is 11.4 Å². The molecule has 0 radical (unpaired) electrons. The van der Waals surface area contributed by atoms with Crippen LogP contribution in [0.3, 0.4) is 0 Å². The van der Waals surface area contributed by atoms with Crippen molar-refractivity contribution >= 4 is 11.4 Å². The second-order valence-electron chi connectivity index (χ2n) is 21.1. The first-order valence-electron chi connectivity index (χ1n) is 20.5. The maximum atomic E-state index is 3.98. The zero-order chi connectivity index (χ0) is 37.7. The summed E-state index contributed by atoms with van der Waals surface area (Å²) in [5, 5.41) is 11.9. The monoisotopic (exact) mass is 695 g/mol. The van der Waals surface area contributed by atoms with Crippen LogP contribution in [0.25, 0.3) is 0 Å². The Bertz CT molecular complexity index is 1240. The van der Waals surface area contributed by atoms with Crippen molar-refractivity contribution < 1.29 is 0 Å². The lowest BCUT2D eigenvalue weighted by Gasteiger charge is -2.54. The van der Waals surface area contributed by atoms with Crippen molar-refractivity contribution in [2.45, 2.75) is 225 Å². The summed E-state index contributed by atoms with van der Waals surface area (Å²) >= 11 is 0. The van der Waals surface area contributed by atoms with Gasteiger partial charge in [0.05, 0.1) is 0 Å². The van der Waals surface area contributed by atoms with Crippen LogP contribution < -0.4 is 25.8 Å². The third-order valence-electron chi connectivity index (χ3n) is 12.8. The summed E-state index contributed by atoms with van der Waals surface area (Å²) in [5.74, 6) is 0. The molecule has 0 amide bonds. The van der Waals surface area contributed by atoms with Gasteiger partial charge in [0.1, 0.15) is 0 Å². The number of hydrogen-bond acceptors (Lipinski definition) is 6. The predicted molar refractivity (Wildman–Crippen MR) is 220 cm³/mol. The molecule has 3 fully saturated rings. The second kappa shape index (κ2) is 14.5. The zero-order valence-electron chi connectivity index (χ0n) is 36.1. The Morgan fingerprint density at radius 3 is 1.34 bits per heavy atom. The molecule has 3 heterocycles. The van der Waals surface area contributed by atoms with E-state index in [0.29, 0.717) is 18.1 Å². The maximum absolute atomic E-state index is 3.98. The van der Waals surface area contributed by atoms with Crippen molar-refractivity contribution in [2.75, 3.05) is 30.4 Å². The lowest BCUT2D eigenvalue weighted by molar-refractivity contribution is 0.00110. The quantitative estimate of drug-likeness (QED) is 0.203. The first kappa shape index (κ1) is 41.4. The molecule has 0 spiro atoms. The van der Waals surface area contributed by atoms with E-state index in [4.69, 9.17) is 0 Å². The highest BCUT2D eigenvalue weighted by molar-refractivity contribution is 5.64. The molecule has 3 N–H and O–H groups in total. The molecule has 0 bridgehead atoms. The Morgan fingerprint density at radius 1 is 0.560 bits per heavy atom. The van der Waals surface area contributed by atoms with Crippen molar-refractivity contribution in [2.24, 2.45) is 0 Å². The highest BCUT2D eigenvalue weighted by Gasteiger charge is 2.46. The number of nitrogens with zero attached hydrogens (tertiary/aromatic N) is 3. The summed E-state index contributed by atoms with van der Waals surface area (Å²) in [7, 11) is 4.84. The van der Waals surface area contributed by atoms with E-state index in [1.165, 1.54) is 29.8 Å². The molecule has 0 unspecified atom stereocenters. The smallest absolute Gasteiger partial charge is 0.0456 e. The molecule has 1 aromatic rings. The van der Waals surface area contributed by atoms with Crippen molar-refractivity contribution in [1.29, 1.82) is 0 Å². The van der Waals surface area contributed by atoms with Gasteiger partial charge in [-0.15, -0.1) is 0 Å². The van der Waals surface area contributed by atoms with Crippen molar-refractivity contribution in [3.05, 3.63) is 23.8 Å². The van der Waals surface area contributed by atoms with E-state index >= 15 is 0 Å². The minimum absolute atomic E-state index is 0.0600. The van der Waals surface area contributed by atoms with E-state index < -0.39 is 0 Å². The van der Waals surface area contributed by atoms with Crippen LogP contribution in [-0.2, 0) is 5.54 Å². The third-order valence-corrected chi connectivity index (χ3v) is 12.8. The molecule has 0 aliphatic carbocycles. The molecular formula is C44H82N6. The van der Waals surface area contributed by atoms with E-state index in [9.17, 15) is 0 Å². The Labute approximate surface area is 310 Å². The van der Waals surface area contributed by atoms with Crippen LogP contribution in [0.5, 0.6) is 0 Å². The third kappa shape index (κ3) is 9.60. The minimum atomic E-state index is -0.0600. The molecule has 3 aliphatic heterocycles. The molecule has 4 rings (SSSR count). The Morgan fingerprint density at radius 2 is 0.940 bits per heavy atom. The molecule has 0 saturated carbocycles. The molecular weight excluding hydrogens is 613 g/mol. The normalized spacial score (nSPS) is 25.1. The SMILES string of the molecule is CCCCN(c1cc(N(C)C2CC(C)(C)NC(C)(C)C2)cc(C(CC)(CC)N(C)C2CC(C)(C)NC(C)(C)C2)c1)C1CC(C)(C)NC(C)(C)C1. The Kier molecular flexibility index (Phi) is 12.0. The molecule has 6 heteroatoms. The first-order valence-corrected chi connectivity index (χ1v) is 20.5. The summed E-state index contributed by atoms with van der Waals surface area (Å²) in [6.07, 6.45) is 11.5. The first-order chi connectivity index (χ1) is 22.8. The van der Waals surface area contributed by atoms with E-state index in [0.717, 1.165) is 57.9 Å².